The molecule has 0 saturated heterocycles. The van der Waals surface area contributed by atoms with Gasteiger partial charge in [-0.15, -0.1) is 0 Å². The molecular weight excluding hydrogens is 364 g/mol. The summed E-state index contributed by atoms with van der Waals surface area (Å²) in [5.74, 6) is 0.00649. The number of methoxy groups -OCH3 is 1. The summed E-state index contributed by atoms with van der Waals surface area (Å²) >= 11 is -1.89. The fourth-order valence-corrected chi connectivity index (χ4v) is 4.34. The molecular formula is C20H24N2O4S. The first-order valence-electron chi connectivity index (χ1n) is 8.69. The number of nitrogens with zero attached hydrogens (tertiary/aromatic N) is 1. The van der Waals surface area contributed by atoms with E-state index >= 15 is 0 Å². The summed E-state index contributed by atoms with van der Waals surface area (Å²) in [6, 6.07) is 14.2. The molecule has 0 amide bonds. The highest BCUT2D eigenvalue weighted by molar-refractivity contribution is 7.78. The minimum absolute atomic E-state index is 0.283. The SMILES string of the molecule is COC(=O)C1N(S(=O)Oc2ccc(C)cc2)Cc2ccccc2NC1(C)C. The van der Waals surface area contributed by atoms with Crippen molar-refractivity contribution >= 4 is 22.9 Å². The third-order valence-corrected chi connectivity index (χ3v) is 5.63. The van der Waals surface area contributed by atoms with Crippen LogP contribution in [0.15, 0.2) is 48.5 Å². The average Bonchev–Trinajstić information content (AvgIpc) is 2.75. The van der Waals surface area contributed by atoms with Gasteiger partial charge in [0.25, 0.3) is 11.3 Å². The summed E-state index contributed by atoms with van der Waals surface area (Å²) in [6.45, 7) is 6.01. The molecule has 1 aliphatic heterocycles. The number of esters is 1. The Morgan fingerprint density at radius 1 is 1.19 bits per heavy atom. The zero-order chi connectivity index (χ0) is 19.6. The predicted octanol–water partition coefficient (Wildman–Crippen LogP) is 3.20. The second-order valence-electron chi connectivity index (χ2n) is 7.12. The molecule has 0 saturated carbocycles. The van der Waals surface area contributed by atoms with Gasteiger partial charge in [-0.1, -0.05) is 35.9 Å². The van der Waals surface area contributed by atoms with Crippen LogP contribution in [0.1, 0.15) is 25.0 Å². The number of rotatable bonds is 4. The molecule has 1 N–H and O–H groups in total. The van der Waals surface area contributed by atoms with E-state index in [0.717, 1.165) is 16.8 Å². The fraction of sp³-hybridized carbons (Fsp3) is 0.350. The smallest absolute Gasteiger partial charge is 0.326 e. The molecule has 6 nitrogen and oxygen atoms in total. The van der Waals surface area contributed by atoms with Gasteiger partial charge in [-0.25, -0.2) is 0 Å². The lowest BCUT2D eigenvalue weighted by molar-refractivity contribution is -0.146. The van der Waals surface area contributed by atoms with E-state index in [4.69, 9.17) is 8.92 Å². The number of hydrogen-bond donors (Lipinski definition) is 1. The van der Waals surface area contributed by atoms with E-state index in [2.05, 4.69) is 5.32 Å². The molecule has 0 radical (unpaired) electrons. The van der Waals surface area contributed by atoms with Crippen molar-refractivity contribution < 1.29 is 17.9 Å². The van der Waals surface area contributed by atoms with Crippen LogP contribution in [0.2, 0.25) is 0 Å². The molecule has 27 heavy (non-hydrogen) atoms. The normalized spacial score (nSPS) is 19.9. The van der Waals surface area contributed by atoms with E-state index in [-0.39, 0.29) is 6.54 Å². The maximum atomic E-state index is 13.1. The van der Waals surface area contributed by atoms with Crippen LogP contribution in [0, 0.1) is 6.92 Å². The van der Waals surface area contributed by atoms with Gasteiger partial charge >= 0.3 is 5.97 Å². The summed E-state index contributed by atoms with van der Waals surface area (Å²) in [5.41, 5.74) is 2.17. The summed E-state index contributed by atoms with van der Waals surface area (Å²) in [7, 11) is 1.33. The third kappa shape index (κ3) is 4.14. The monoisotopic (exact) mass is 388 g/mol. The van der Waals surface area contributed by atoms with Crippen molar-refractivity contribution in [3.63, 3.8) is 0 Å². The second-order valence-corrected chi connectivity index (χ2v) is 8.19. The number of carbonyl (C=O) groups excluding carboxylic acids is 1. The van der Waals surface area contributed by atoms with Gasteiger partial charge in [0.05, 0.1) is 12.6 Å². The van der Waals surface area contributed by atoms with Crippen LogP contribution in [-0.2, 0) is 27.3 Å². The van der Waals surface area contributed by atoms with Crippen LogP contribution in [0.3, 0.4) is 0 Å². The van der Waals surface area contributed by atoms with Gasteiger partial charge in [-0.2, -0.15) is 8.51 Å². The van der Waals surface area contributed by atoms with E-state index in [9.17, 15) is 9.00 Å². The number of carbonyl (C=O) groups is 1. The highest BCUT2D eigenvalue weighted by atomic mass is 32.2. The van der Waals surface area contributed by atoms with Crippen LogP contribution in [0.25, 0.3) is 0 Å². The number of hydrogen-bond acceptors (Lipinski definition) is 5. The maximum absolute atomic E-state index is 13.1. The first-order valence-corrected chi connectivity index (χ1v) is 9.72. The Hall–Kier alpha value is -2.38. The van der Waals surface area contributed by atoms with Gasteiger partial charge in [-0.3, -0.25) is 4.79 Å². The molecule has 3 rings (SSSR count). The van der Waals surface area contributed by atoms with E-state index in [1.54, 1.807) is 12.1 Å². The molecule has 2 aromatic carbocycles. The van der Waals surface area contributed by atoms with Crippen LogP contribution in [-0.4, -0.2) is 33.2 Å². The minimum Gasteiger partial charge on any atom is -0.468 e. The average molecular weight is 388 g/mol. The number of para-hydroxylation sites is 1. The van der Waals surface area contributed by atoms with Crippen molar-refractivity contribution in [2.45, 2.75) is 38.9 Å². The van der Waals surface area contributed by atoms with Crippen LogP contribution >= 0.6 is 0 Å². The number of ether oxygens (including phenoxy) is 1. The Balaban J connectivity index is 1.98. The standard InChI is InChI=1S/C20H24N2O4S/c1-14-9-11-16(12-10-14)26-27(24)22-13-15-7-5-6-8-17(15)21-20(2,3)18(22)19(23)25-4/h5-12,18,21H,13H2,1-4H3. The molecule has 2 unspecified atom stereocenters. The van der Waals surface area contributed by atoms with Gasteiger partial charge in [-0.05, 0) is 44.5 Å². The molecule has 0 aromatic heterocycles. The van der Waals surface area contributed by atoms with Crippen molar-refractivity contribution in [3.8, 4) is 5.75 Å². The number of aryl methyl sites for hydroxylation is 1. The molecule has 144 valence electrons. The highest BCUT2D eigenvalue weighted by Gasteiger charge is 2.46. The Labute approximate surface area is 162 Å². The predicted molar refractivity (Wildman–Crippen MR) is 105 cm³/mol. The topological polar surface area (TPSA) is 67.9 Å². The summed E-state index contributed by atoms with van der Waals surface area (Å²) in [4.78, 5) is 12.6. The van der Waals surface area contributed by atoms with Gasteiger partial charge in [0.1, 0.15) is 11.8 Å². The van der Waals surface area contributed by atoms with Crippen LogP contribution < -0.4 is 9.50 Å². The molecule has 2 aromatic rings. The molecule has 0 bridgehead atoms. The Morgan fingerprint density at radius 2 is 1.85 bits per heavy atom. The first-order chi connectivity index (χ1) is 12.8. The van der Waals surface area contributed by atoms with Crippen molar-refractivity contribution in [1.29, 1.82) is 0 Å². The van der Waals surface area contributed by atoms with Crippen molar-refractivity contribution in [2.24, 2.45) is 0 Å². The first kappa shape index (κ1) is 19.4. The fourth-order valence-electron chi connectivity index (χ4n) is 3.20. The summed E-state index contributed by atoms with van der Waals surface area (Å²) < 4.78 is 25.3. The Kier molecular flexibility index (Phi) is 5.53. The van der Waals surface area contributed by atoms with E-state index in [1.807, 2.05) is 57.2 Å². The lowest BCUT2D eigenvalue weighted by atomic mass is 9.94. The van der Waals surface area contributed by atoms with Gasteiger partial charge in [0.15, 0.2) is 0 Å². The lowest BCUT2D eigenvalue weighted by Crippen LogP contribution is -2.57. The van der Waals surface area contributed by atoms with E-state index in [1.165, 1.54) is 11.4 Å². The zero-order valence-corrected chi connectivity index (χ0v) is 16.7. The maximum Gasteiger partial charge on any atom is 0.326 e. The largest absolute Gasteiger partial charge is 0.468 e. The zero-order valence-electron chi connectivity index (χ0n) is 15.9. The molecule has 0 fully saturated rings. The molecule has 0 spiro atoms. The molecule has 0 aliphatic carbocycles. The summed E-state index contributed by atoms with van der Waals surface area (Å²) in [5, 5.41) is 3.39. The quantitative estimate of drug-likeness (QED) is 0.815. The molecule has 2 atom stereocenters. The summed E-state index contributed by atoms with van der Waals surface area (Å²) in [6.07, 6.45) is 0. The highest BCUT2D eigenvalue weighted by Crippen LogP contribution is 2.33. The minimum atomic E-state index is -1.89. The third-order valence-electron chi connectivity index (χ3n) is 4.58. The lowest BCUT2D eigenvalue weighted by Gasteiger charge is -2.36. The van der Waals surface area contributed by atoms with E-state index in [0.29, 0.717) is 5.75 Å². The Bertz CT molecular complexity index is 851. The molecule has 1 aliphatic rings. The second kappa shape index (κ2) is 7.70. The van der Waals surface area contributed by atoms with Gasteiger partial charge < -0.3 is 14.2 Å². The number of benzene rings is 2. The van der Waals surface area contributed by atoms with Crippen molar-refractivity contribution in [1.82, 2.24) is 4.31 Å². The number of anilines is 1. The van der Waals surface area contributed by atoms with Gasteiger partial charge in [0.2, 0.25) is 0 Å². The van der Waals surface area contributed by atoms with E-state index < -0.39 is 28.8 Å². The van der Waals surface area contributed by atoms with Crippen molar-refractivity contribution in [3.05, 3.63) is 59.7 Å². The number of fused-ring (bicyclic) bond motifs is 1. The van der Waals surface area contributed by atoms with Gasteiger partial charge in [0, 0.05) is 12.2 Å². The van der Waals surface area contributed by atoms with Crippen LogP contribution in [0.4, 0.5) is 5.69 Å². The van der Waals surface area contributed by atoms with Crippen LogP contribution in [0.5, 0.6) is 5.75 Å². The van der Waals surface area contributed by atoms with Crippen molar-refractivity contribution in [2.75, 3.05) is 12.4 Å². The number of nitrogens with one attached hydrogen (secondary N) is 1. The Morgan fingerprint density at radius 3 is 2.52 bits per heavy atom. The molecule has 1 heterocycles. The molecule has 7 heteroatoms.